The van der Waals surface area contributed by atoms with Gasteiger partial charge in [-0.25, -0.2) is 0 Å². The van der Waals surface area contributed by atoms with E-state index in [0.29, 0.717) is 23.4 Å². The Kier molecular flexibility index (Phi) is 4.99. The van der Waals surface area contributed by atoms with Crippen LogP contribution in [-0.2, 0) is 5.75 Å². The fourth-order valence-corrected chi connectivity index (χ4v) is 2.39. The normalized spacial score (nSPS) is 14.3. The number of nitrogens with zero attached hydrogens (tertiary/aromatic N) is 2. The number of nitrogens with two attached hydrogens (primary N) is 1. The zero-order valence-electron chi connectivity index (χ0n) is 11.2. The van der Waals surface area contributed by atoms with E-state index in [1.165, 1.54) is 4.90 Å². The minimum atomic E-state index is -0.173. The lowest BCUT2D eigenvalue weighted by atomic mass is 10.0. The van der Waals surface area contributed by atoms with Crippen LogP contribution < -0.4 is 5.73 Å². The lowest BCUT2D eigenvalue weighted by Gasteiger charge is -2.12. The standard InChI is InChI=1S/C14H19N3OS/c1-3-10(2)13(15)14-16-12(17-18-14)9-19-11-7-5-4-6-8-11/h4-8,10,13H,3,9,15H2,1-2H3. The number of benzene rings is 1. The maximum Gasteiger partial charge on any atom is 0.243 e. The molecule has 102 valence electrons. The Hall–Kier alpha value is -1.33. The highest BCUT2D eigenvalue weighted by molar-refractivity contribution is 7.98. The molecule has 2 aromatic rings. The van der Waals surface area contributed by atoms with Crippen LogP contribution in [0.15, 0.2) is 39.8 Å². The number of hydrogen-bond donors (Lipinski definition) is 1. The van der Waals surface area contributed by atoms with Crippen LogP contribution in [0.5, 0.6) is 0 Å². The van der Waals surface area contributed by atoms with Crippen LogP contribution in [0.4, 0.5) is 0 Å². The van der Waals surface area contributed by atoms with Crippen LogP contribution >= 0.6 is 11.8 Å². The van der Waals surface area contributed by atoms with E-state index in [9.17, 15) is 0 Å². The molecule has 4 nitrogen and oxygen atoms in total. The lowest BCUT2D eigenvalue weighted by Crippen LogP contribution is -2.18. The first-order chi connectivity index (χ1) is 9.20. The van der Waals surface area contributed by atoms with Crippen molar-refractivity contribution in [3.63, 3.8) is 0 Å². The monoisotopic (exact) mass is 277 g/mol. The van der Waals surface area contributed by atoms with Crippen molar-refractivity contribution in [1.29, 1.82) is 0 Å². The Bertz CT molecular complexity index is 500. The second kappa shape index (κ2) is 6.73. The molecule has 2 N–H and O–H groups in total. The van der Waals surface area contributed by atoms with E-state index in [0.717, 1.165) is 6.42 Å². The first-order valence-corrected chi connectivity index (χ1v) is 7.45. The molecule has 2 unspecified atom stereocenters. The molecular formula is C14H19N3OS. The molecule has 0 bridgehead atoms. The summed E-state index contributed by atoms with van der Waals surface area (Å²) >= 11 is 1.69. The van der Waals surface area contributed by atoms with E-state index in [4.69, 9.17) is 10.3 Å². The largest absolute Gasteiger partial charge is 0.338 e. The third kappa shape index (κ3) is 3.81. The Labute approximate surface area is 117 Å². The van der Waals surface area contributed by atoms with Gasteiger partial charge in [0, 0.05) is 4.90 Å². The summed E-state index contributed by atoms with van der Waals surface area (Å²) in [6.07, 6.45) is 0.998. The molecule has 2 atom stereocenters. The first kappa shape index (κ1) is 14.1. The van der Waals surface area contributed by atoms with Crippen molar-refractivity contribution >= 4 is 11.8 Å². The Morgan fingerprint density at radius 3 is 2.74 bits per heavy atom. The average Bonchev–Trinajstić information content (AvgIpc) is 2.93. The Morgan fingerprint density at radius 1 is 1.32 bits per heavy atom. The van der Waals surface area contributed by atoms with Crippen molar-refractivity contribution in [2.45, 2.75) is 37.0 Å². The molecule has 0 saturated carbocycles. The van der Waals surface area contributed by atoms with E-state index in [-0.39, 0.29) is 6.04 Å². The predicted molar refractivity (Wildman–Crippen MR) is 76.7 cm³/mol. The highest BCUT2D eigenvalue weighted by Gasteiger charge is 2.19. The highest BCUT2D eigenvalue weighted by Crippen LogP contribution is 2.23. The van der Waals surface area contributed by atoms with E-state index < -0.39 is 0 Å². The highest BCUT2D eigenvalue weighted by atomic mass is 32.2. The second-order valence-electron chi connectivity index (χ2n) is 4.56. The maximum absolute atomic E-state index is 6.07. The van der Waals surface area contributed by atoms with Crippen molar-refractivity contribution in [2.24, 2.45) is 11.7 Å². The van der Waals surface area contributed by atoms with Crippen LogP contribution in [0.1, 0.15) is 38.0 Å². The summed E-state index contributed by atoms with van der Waals surface area (Å²) < 4.78 is 5.24. The average molecular weight is 277 g/mol. The van der Waals surface area contributed by atoms with Gasteiger partial charge in [0.05, 0.1) is 11.8 Å². The van der Waals surface area contributed by atoms with Crippen molar-refractivity contribution in [2.75, 3.05) is 0 Å². The third-order valence-corrected chi connectivity index (χ3v) is 4.15. The first-order valence-electron chi connectivity index (χ1n) is 6.46. The molecule has 0 spiro atoms. The molecule has 0 aliphatic heterocycles. The molecule has 0 fully saturated rings. The molecule has 1 aromatic carbocycles. The van der Waals surface area contributed by atoms with Gasteiger partial charge in [0.15, 0.2) is 5.82 Å². The predicted octanol–water partition coefficient (Wildman–Crippen LogP) is 3.41. The number of hydrogen-bond acceptors (Lipinski definition) is 5. The van der Waals surface area contributed by atoms with Crippen LogP contribution in [0.3, 0.4) is 0 Å². The summed E-state index contributed by atoms with van der Waals surface area (Å²) in [5.74, 6) is 2.27. The Morgan fingerprint density at radius 2 is 2.05 bits per heavy atom. The molecule has 2 rings (SSSR count). The Balaban J connectivity index is 1.94. The van der Waals surface area contributed by atoms with Crippen LogP contribution in [0, 0.1) is 5.92 Å². The summed E-state index contributed by atoms with van der Waals surface area (Å²) in [7, 11) is 0. The summed E-state index contributed by atoms with van der Waals surface area (Å²) in [6, 6.07) is 9.99. The van der Waals surface area contributed by atoms with E-state index in [2.05, 4.69) is 36.1 Å². The molecule has 5 heteroatoms. The topological polar surface area (TPSA) is 64.9 Å². The molecule has 1 heterocycles. The van der Waals surface area contributed by atoms with Gasteiger partial charge in [-0.2, -0.15) is 4.98 Å². The number of rotatable bonds is 6. The fraction of sp³-hybridized carbons (Fsp3) is 0.429. The van der Waals surface area contributed by atoms with Gasteiger partial charge in [-0.3, -0.25) is 0 Å². The minimum Gasteiger partial charge on any atom is -0.338 e. The molecule has 0 saturated heterocycles. The van der Waals surface area contributed by atoms with E-state index >= 15 is 0 Å². The van der Waals surface area contributed by atoms with Crippen LogP contribution in [0.2, 0.25) is 0 Å². The van der Waals surface area contributed by atoms with Gasteiger partial charge in [-0.1, -0.05) is 43.6 Å². The minimum absolute atomic E-state index is 0.173. The summed E-state index contributed by atoms with van der Waals surface area (Å²) in [5.41, 5.74) is 6.07. The third-order valence-electron chi connectivity index (χ3n) is 3.14. The molecule has 0 aliphatic carbocycles. The molecule has 0 aliphatic rings. The smallest absolute Gasteiger partial charge is 0.243 e. The van der Waals surface area contributed by atoms with Crippen molar-refractivity contribution < 1.29 is 4.52 Å². The number of thioether (sulfide) groups is 1. The van der Waals surface area contributed by atoms with Crippen molar-refractivity contribution in [1.82, 2.24) is 10.1 Å². The van der Waals surface area contributed by atoms with Gasteiger partial charge in [0.25, 0.3) is 0 Å². The molecule has 0 amide bonds. The van der Waals surface area contributed by atoms with Crippen LogP contribution in [-0.4, -0.2) is 10.1 Å². The van der Waals surface area contributed by atoms with E-state index in [1.54, 1.807) is 11.8 Å². The van der Waals surface area contributed by atoms with E-state index in [1.807, 2.05) is 18.2 Å². The van der Waals surface area contributed by atoms with Gasteiger partial charge < -0.3 is 10.3 Å². The SMILES string of the molecule is CCC(C)C(N)c1nc(CSc2ccccc2)no1. The quantitative estimate of drug-likeness (QED) is 0.820. The summed E-state index contributed by atoms with van der Waals surface area (Å²) in [4.78, 5) is 5.57. The van der Waals surface area contributed by atoms with Crippen molar-refractivity contribution in [3.8, 4) is 0 Å². The fourth-order valence-electron chi connectivity index (χ4n) is 1.62. The number of aromatic nitrogens is 2. The van der Waals surface area contributed by atoms with Gasteiger partial charge in [0.2, 0.25) is 5.89 Å². The molecular weight excluding hydrogens is 258 g/mol. The summed E-state index contributed by atoms with van der Waals surface area (Å²) in [6.45, 7) is 4.19. The van der Waals surface area contributed by atoms with Crippen LogP contribution in [0.25, 0.3) is 0 Å². The lowest BCUT2D eigenvalue weighted by molar-refractivity contribution is 0.311. The molecule has 1 aromatic heterocycles. The van der Waals surface area contributed by atoms with Gasteiger partial charge in [0.1, 0.15) is 0 Å². The van der Waals surface area contributed by atoms with Gasteiger partial charge >= 0.3 is 0 Å². The zero-order chi connectivity index (χ0) is 13.7. The molecule has 19 heavy (non-hydrogen) atoms. The van der Waals surface area contributed by atoms with Gasteiger partial charge in [-0.05, 0) is 18.1 Å². The summed E-state index contributed by atoms with van der Waals surface area (Å²) in [5, 5.41) is 3.98. The van der Waals surface area contributed by atoms with Gasteiger partial charge in [-0.15, -0.1) is 11.8 Å². The maximum atomic E-state index is 6.07. The second-order valence-corrected chi connectivity index (χ2v) is 5.61. The van der Waals surface area contributed by atoms with Crippen molar-refractivity contribution in [3.05, 3.63) is 42.0 Å². The zero-order valence-corrected chi connectivity index (χ0v) is 12.1. The molecule has 0 radical (unpaired) electrons.